The van der Waals surface area contributed by atoms with Crippen LogP contribution in [0.1, 0.15) is 16.9 Å². The van der Waals surface area contributed by atoms with Crippen molar-refractivity contribution in [3.8, 4) is 21.7 Å². The van der Waals surface area contributed by atoms with Gasteiger partial charge in [0.1, 0.15) is 10.0 Å². The molecule has 0 unspecified atom stereocenters. The highest BCUT2D eigenvalue weighted by molar-refractivity contribution is 7.23. The highest BCUT2D eigenvalue weighted by atomic mass is 32.1. The highest BCUT2D eigenvalue weighted by Crippen LogP contribution is 2.45. The van der Waals surface area contributed by atoms with E-state index in [0.717, 1.165) is 50.9 Å². The molecule has 5 rings (SSSR count). The van der Waals surface area contributed by atoms with Crippen molar-refractivity contribution in [2.75, 3.05) is 38.7 Å². The molecule has 0 spiro atoms. The third-order valence-electron chi connectivity index (χ3n) is 5.87. The summed E-state index contributed by atoms with van der Waals surface area (Å²) in [5, 5.41) is 11.5. The number of hydrogen-bond acceptors (Lipinski definition) is 8. The number of hydrogen-bond donors (Lipinski definition) is 3. The van der Waals surface area contributed by atoms with E-state index in [-0.39, 0.29) is 5.91 Å². The van der Waals surface area contributed by atoms with Gasteiger partial charge in [-0.15, -0.1) is 22.7 Å². The Labute approximate surface area is 210 Å². The van der Waals surface area contributed by atoms with Crippen LogP contribution in [0.3, 0.4) is 0 Å². The lowest BCUT2D eigenvalue weighted by atomic mass is 10.0. The van der Waals surface area contributed by atoms with Crippen LogP contribution in [0, 0.1) is 5.95 Å². The number of nitrogens with one attached hydrogen (secondary N) is 3. The zero-order valence-electron chi connectivity index (χ0n) is 19.3. The number of thiazole rings is 1. The third-order valence-corrected chi connectivity index (χ3v) is 8.05. The molecule has 0 fully saturated rings. The van der Waals surface area contributed by atoms with Crippen molar-refractivity contribution in [3.05, 3.63) is 52.9 Å². The molecular weight excluding hydrogens is 485 g/mol. The summed E-state index contributed by atoms with van der Waals surface area (Å²) in [5.74, 6) is -0.518. The molecule has 0 bridgehead atoms. The molecule has 3 aromatic heterocycles. The van der Waals surface area contributed by atoms with Crippen molar-refractivity contribution in [3.63, 3.8) is 0 Å². The van der Waals surface area contributed by atoms with Crippen LogP contribution >= 0.6 is 22.7 Å². The number of halogens is 1. The zero-order valence-corrected chi connectivity index (χ0v) is 21.0. The Bertz CT molecular complexity index is 1350. The number of nitrogens with zero attached hydrogens (tertiary/aromatic N) is 2. The molecule has 1 aliphatic rings. The average Bonchev–Trinajstić information content (AvgIpc) is 3.44. The van der Waals surface area contributed by atoms with E-state index in [1.54, 1.807) is 41.9 Å². The van der Waals surface area contributed by atoms with Gasteiger partial charge in [0.05, 0.1) is 16.8 Å². The maximum atomic E-state index is 14.2. The number of aromatic nitrogens is 2. The first-order chi connectivity index (χ1) is 17.1. The van der Waals surface area contributed by atoms with E-state index in [0.29, 0.717) is 31.7 Å². The van der Waals surface area contributed by atoms with Crippen LogP contribution in [0.25, 0.3) is 31.9 Å². The van der Waals surface area contributed by atoms with Crippen LogP contribution in [-0.4, -0.2) is 49.2 Å². The van der Waals surface area contributed by atoms with E-state index in [2.05, 4.69) is 20.9 Å². The van der Waals surface area contributed by atoms with E-state index in [4.69, 9.17) is 9.72 Å². The molecule has 35 heavy (non-hydrogen) atoms. The summed E-state index contributed by atoms with van der Waals surface area (Å²) in [6.45, 7) is 3.60. The van der Waals surface area contributed by atoms with Crippen LogP contribution in [0.4, 0.5) is 9.39 Å². The number of carbonyl (C=O) groups is 1. The Kier molecular flexibility index (Phi) is 7.45. The molecule has 3 N–H and O–H groups in total. The summed E-state index contributed by atoms with van der Waals surface area (Å²) in [7, 11) is 1.66. The average molecular weight is 512 g/mol. The smallest absolute Gasteiger partial charge is 0.226 e. The Morgan fingerprint density at radius 2 is 2.17 bits per heavy atom. The molecule has 4 aromatic rings. The fourth-order valence-electron chi connectivity index (χ4n) is 4.14. The number of ether oxygens (including phenoxy) is 1. The number of amides is 1. The molecule has 1 aliphatic heterocycles. The Morgan fingerprint density at radius 1 is 1.26 bits per heavy atom. The first-order valence-corrected chi connectivity index (χ1v) is 13.1. The molecule has 4 heterocycles. The maximum Gasteiger partial charge on any atom is 0.226 e. The quantitative estimate of drug-likeness (QED) is 0.228. The molecule has 1 aromatic carbocycles. The van der Waals surface area contributed by atoms with Gasteiger partial charge in [-0.05, 0) is 48.4 Å². The Balaban J connectivity index is 1.44. The Hall–Kier alpha value is -2.76. The summed E-state index contributed by atoms with van der Waals surface area (Å²) in [4.78, 5) is 22.6. The van der Waals surface area contributed by atoms with E-state index >= 15 is 0 Å². The fourth-order valence-corrected chi connectivity index (χ4v) is 6.52. The molecule has 182 valence electrons. The molecule has 0 aliphatic carbocycles. The second-order valence-electron chi connectivity index (χ2n) is 8.22. The molecule has 0 atom stereocenters. The van der Waals surface area contributed by atoms with Gasteiger partial charge < -0.3 is 20.7 Å². The van der Waals surface area contributed by atoms with Gasteiger partial charge in [0.15, 0.2) is 0 Å². The summed E-state index contributed by atoms with van der Waals surface area (Å²) in [5.41, 5.74) is 4.36. The van der Waals surface area contributed by atoms with Crippen LogP contribution in [0.2, 0.25) is 0 Å². The van der Waals surface area contributed by atoms with E-state index in [9.17, 15) is 9.18 Å². The van der Waals surface area contributed by atoms with Crippen molar-refractivity contribution in [2.24, 2.45) is 0 Å². The van der Waals surface area contributed by atoms with E-state index in [1.165, 1.54) is 16.6 Å². The standard InChI is InChI=1S/C25H26FN5O2S2/c1-33-12-11-27-10-7-21(32)31-25-22(17-6-9-28-14-20(17)35-25)24-30-18-5-4-15(13-19(18)34-24)16-3-2-8-29-23(16)26/h2-5,8,13,27-28H,6-7,9-12,14H2,1H3,(H,31,32). The van der Waals surface area contributed by atoms with Gasteiger partial charge in [0.25, 0.3) is 0 Å². The first-order valence-electron chi connectivity index (χ1n) is 11.5. The SMILES string of the molecule is COCCNCCC(=O)Nc1sc2c(c1-c1nc3ccc(-c4cccnc4F)cc3s1)CCNC2. The summed E-state index contributed by atoms with van der Waals surface area (Å²) >= 11 is 3.18. The van der Waals surface area contributed by atoms with Gasteiger partial charge in [-0.2, -0.15) is 4.39 Å². The lowest BCUT2D eigenvalue weighted by molar-refractivity contribution is -0.116. The predicted octanol–water partition coefficient (Wildman–Crippen LogP) is 4.44. The van der Waals surface area contributed by atoms with Gasteiger partial charge in [0, 0.05) is 55.4 Å². The van der Waals surface area contributed by atoms with Gasteiger partial charge >= 0.3 is 0 Å². The largest absolute Gasteiger partial charge is 0.383 e. The number of thiophene rings is 1. The molecule has 10 heteroatoms. The van der Waals surface area contributed by atoms with Gasteiger partial charge in [0.2, 0.25) is 11.9 Å². The topological polar surface area (TPSA) is 88.2 Å². The number of pyridine rings is 1. The van der Waals surface area contributed by atoms with Crippen molar-refractivity contribution in [1.82, 2.24) is 20.6 Å². The van der Waals surface area contributed by atoms with Gasteiger partial charge in [-0.3, -0.25) is 4.79 Å². The highest BCUT2D eigenvalue weighted by Gasteiger charge is 2.25. The molecule has 1 amide bonds. The van der Waals surface area contributed by atoms with Crippen LogP contribution in [0.5, 0.6) is 0 Å². The van der Waals surface area contributed by atoms with Crippen molar-refractivity contribution < 1.29 is 13.9 Å². The summed E-state index contributed by atoms with van der Waals surface area (Å²) < 4.78 is 20.2. The maximum absolute atomic E-state index is 14.2. The third kappa shape index (κ3) is 5.26. The minimum atomic E-state index is -0.488. The predicted molar refractivity (Wildman–Crippen MR) is 140 cm³/mol. The van der Waals surface area contributed by atoms with Gasteiger partial charge in [-0.25, -0.2) is 9.97 Å². The van der Waals surface area contributed by atoms with Crippen LogP contribution in [-0.2, 0) is 22.5 Å². The molecule has 7 nitrogen and oxygen atoms in total. The van der Waals surface area contributed by atoms with Crippen LogP contribution in [0.15, 0.2) is 36.5 Å². The van der Waals surface area contributed by atoms with Gasteiger partial charge in [-0.1, -0.05) is 6.07 Å². The summed E-state index contributed by atoms with van der Waals surface area (Å²) in [6, 6.07) is 9.21. The second-order valence-corrected chi connectivity index (χ2v) is 10.4. The number of fused-ring (bicyclic) bond motifs is 2. The first kappa shape index (κ1) is 24.0. The number of anilines is 1. The molecular formula is C25H26FN5O2S2. The lowest BCUT2D eigenvalue weighted by Gasteiger charge is -2.13. The molecule has 0 saturated carbocycles. The van der Waals surface area contributed by atoms with Crippen molar-refractivity contribution in [2.45, 2.75) is 19.4 Å². The number of benzene rings is 1. The fraction of sp³-hybridized carbons (Fsp3) is 0.320. The minimum Gasteiger partial charge on any atom is -0.383 e. The normalized spacial score (nSPS) is 13.2. The number of methoxy groups -OCH3 is 1. The number of carbonyl (C=O) groups excluding carboxylic acids is 1. The molecule has 0 saturated heterocycles. The Morgan fingerprint density at radius 3 is 3.03 bits per heavy atom. The monoisotopic (exact) mass is 511 g/mol. The van der Waals surface area contributed by atoms with Crippen LogP contribution < -0.4 is 16.0 Å². The van der Waals surface area contributed by atoms with E-state index < -0.39 is 5.95 Å². The van der Waals surface area contributed by atoms with E-state index in [1.807, 2.05) is 18.2 Å². The van der Waals surface area contributed by atoms with Crippen molar-refractivity contribution >= 4 is 43.8 Å². The second kappa shape index (κ2) is 10.9. The minimum absolute atomic E-state index is 0.0295. The summed E-state index contributed by atoms with van der Waals surface area (Å²) in [6.07, 6.45) is 2.71. The lowest BCUT2D eigenvalue weighted by Crippen LogP contribution is -2.24. The number of rotatable bonds is 9. The zero-order chi connectivity index (χ0) is 24.2. The molecule has 0 radical (unpaired) electrons. The van der Waals surface area contributed by atoms with Crippen molar-refractivity contribution in [1.29, 1.82) is 0 Å².